The predicted octanol–water partition coefficient (Wildman–Crippen LogP) is 4.43. The van der Waals surface area contributed by atoms with Gasteiger partial charge in [0.25, 0.3) is 0 Å². The van der Waals surface area contributed by atoms with Gasteiger partial charge in [-0.2, -0.15) is 0 Å². The molecule has 0 aliphatic heterocycles. The molecule has 0 saturated heterocycles. The monoisotopic (exact) mass is 357 g/mol. The summed E-state index contributed by atoms with van der Waals surface area (Å²) >= 11 is 5.86. The van der Waals surface area contributed by atoms with E-state index in [2.05, 4.69) is 5.16 Å². The number of hydrogen-bond acceptors (Lipinski definition) is 5. The molecule has 0 atom stereocenters. The van der Waals surface area contributed by atoms with Gasteiger partial charge in [-0.05, 0) is 48.9 Å². The summed E-state index contributed by atoms with van der Waals surface area (Å²) in [6.07, 6.45) is 0. The van der Waals surface area contributed by atoms with Crippen LogP contribution in [0.5, 0.6) is 5.75 Å². The van der Waals surface area contributed by atoms with E-state index in [1.54, 1.807) is 24.3 Å². The van der Waals surface area contributed by atoms with Crippen molar-refractivity contribution in [1.82, 2.24) is 5.16 Å². The Kier molecular flexibility index (Phi) is 5.36. The zero-order valence-corrected chi connectivity index (χ0v) is 14.3. The van der Waals surface area contributed by atoms with Crippen molar-refractivity contribution in [3.63, 3.8) is 0 Å². The van der Waals surface area contributed by atoms with Gasteiger partial charge in [-0.1, -0.05) is 28.9 Å². The molecule has 0 aliphatic carbocycles. The molecule has 0 saturated carbocycles. The highest BCUT2D eigenvalue weighted by molar-refractivity contribution is 6.30. The van der Waals surface area contributed by atoms with Crippen LogP contribution in [-0.2, 0) is 16.1 Å². The van der Waals surface area contributed by atoms with Crippen molar-refractivity contribution in [3.8, 4) is 17.1 Å². The highest BCUT2D eigenvalue weighted by atomic mass is 35.5. The second-order valence-corrected chi connectivity index (χ2v) is 5.89. The largest absolute Gasteiger partial charge is 0.482 e. The van der Waals surface area contributed by atoms with E-state index in [0.717, 1.165) is 11.1 Å². The van der Waals surface area contributed by atoms with Crippen LogP contribution < -0.4 is 4.74 Å². The van der Waals surface area contributed by atoms with Crippen LogP contribution in [0.25, 0.3) is 11.3 Å². The lowest BCUT2D eigenvalue weighted by molar-refractivity contribution is -0.147. The number of carbonyl (C=O) groups is 1. The van der Waals surface area contributed by atoms with Crippen LogP contribution in [0.3, 0.4) is 0 Å². The molecule has 0 fully saturated rings. The smallest absolute Gasteiger partial charge is 0.344 e. The van der Waals surface area contributed by atoms with Gasteiger partial charge in [0.2, 0.25) is 0 Å². The molecular weight excluding hydrogens is 342 g/mol. The summed E-state index contributed by atoms with van der Waals surface area (Å²) in [4.78, 5) is 11.8. The van der Waals surface area contributed by atoms with Crippen LogP contribution in [0, 0.1) is 6.92 Å². The van der Waals surface area contributed by atoms with Crippen molar-refractivity contribution in [1.29, 1.82) is 0 Å². The number of esters is 1. The van der Waals surface area contributed by atoms with Crippen molar-refractivity contribution < 1.29 is 18.8 Å². The second-order valence-electron chi connectivity index (χ2n) is 5.46. The summed E-state index contributed by atoms with van der Waals surface area (Å²) in [5, 5.41) is 4.54. The summed E-state index contributed by atoms with van der Waals surface area (Å²) in [7, 11) is 0. The number of aryl methyl sites for hydroxylation is 1. The lowest BCUT2D eigenvalue weighted by atomic mass is 10.2. The number of nitrogens with zero attached hydrogens (tertiary/aromatic N) is 1. The number of aromatic nitrogens is 1. The number of hydrogen-bond donors (Lipinski definition) is 0. The maximum atomic E-state index is 11.8. The number of carbonyl (C=O) groups excluding carboxylic acids is 1. The maximum Gasteiger partial charge on any atom is 0.344 e. The van der Waals surface area contributed by atoms with Crippen LogP contribution in [0.2, 0.25) is 5.02 Å². The van der Waals surface area contributed by atoms with Gasteiger partial charge in [-0.25, -0.2) is 4.79 Å². The Morgan fingerprint density at radius 1 is 1.16 bits per heavy atom. The maximum absolute atomic E-state index is 11.8. The van der Waals surface area contributed by atoms with Crippen LogP contribution in [0.1, 0.15) is 11.3 Å². The van der Waals surface area contributed by atoms with Gasteiger partial charge in [0, 0.05) is 16.7 Å². The number of benzene rings is 2. The lowest BCUT2D eigenvalue weighted by Gasteiger charge is -2.06. The fraction of sp³-hybridized carbons (Fsp3) is 0.158. The molecule has 25 heavy (non-hydrogen) atoms. The third kappa shape index (κ3) is 4.84. The summed E-state index contributed by atoms with van der Waals surface area (Å²) in [6.45, 7) is 1.81. The predicted molar refractivity (Wildman–Crippen MR) is 93.4 cm³/mol. The molecule has 0 N–H and O–H groups in total. The molecule has 3 aromatic rings. The standard InChI is InChI=1S/C19H16ClNO4/c1-13-3-2-4-17(9-13)23-12-19(22)24-11-16-10-18(25-21-16)14-5-7-15(20)8-6-14/h2-10H,11-12H2,1H3. The Morgan fingerprint density at radius 3 is 2.72 bits per heavy atom. The molecule has 3 rings (SSSR count). The third-order valence-corrected chi connectivity index (χ3v) is 3.67. The molecule has 2 aromatic carbocycles. The van der Waals surface area contributed by atoms with Crippen LogP contribution in [-0.4, -0.2) is 17.7 Å². The number of halogens is 1. The molecule has 6 heteroatoms. The molecule has 1 heterocycles. The SMILES string of the molecule is Cc1cccc(OCC(=O)OCc2cc(-c3ccc(Cl)cc3)on2)c1. The zero-order chi connectivity index (χ0) is 17.6. The highest BCUT2D eigenvalue weighted by Gasteiger charge is 2.10. The first-order chi connectivity index (χ1) is 12.1. The summed E-state index contributed by atoms with van der Waals surface area (Å²) in [5.74, 6) is 0.736. The Morgan fingerprint density at radius 2 is 1.96 bits per heavy atom. The van der Waals surface area contributed by atoms with Crippen molar-refractivity contribution in [2.75, 3.05) is 6.61 Å². The van der Waals surface area contributed by atoms with E-state index in [1.165, 1.54) is 0 Å². The quantitative estimate of drug-likeness (QED) is 0.611. The summed E-state index contributed by atoms with van der Waals surface area (Å²) < 4.78 is 15.8. The minimum absolute atomic E-state index is 0.0209. The third-order valence-electron chi connectivity index (χ3n) is 3.41. The molecule has 0 bridgehead atoms. The summed E-state index contributed by atoms with van der Waals surface area (Å²) in [5.41, 5.74) is 2.43. The Labute approximate surface area is 150 Å². The van der Waals surface area contributed by atoms with Gasteiger partial charge in [0.05, 0.1) is 0 Å². The topological polar surface area (TPSA) is 61.6 Å². The van der Waals surface area contributed by atoms with E-state index in [-0.39, 0.29) is 13.2 Å². The molecular formula is C19H16ClNO4. The molecule has 0 amide bonds. The van der Waals surface area contributed by atoms with E-state index >= 15 is 0 Å². The fourth-order valence-corrected chi connectivity index (χ4v) is 2.30. The Balaban J connectivity index is 1.50. The van der Waals surface area contributed by atoms with Crippen LogP contribution in [0.15, 0.2) is 59.1 Å². The van der Waals surface area contributed by atoms with Gasteiger partial charge in [-0.3, -0.25) is 0 Å². The molecule has 128 valence electrons. The van der Waals surface area contributed by atoms with Crippen molar-refractivity contribution >= 4 is 17.6 Å². The van der Waals surface area contributed by atoms with E-state index in [4.69, 9.17) is 25.6 Å². The van der Waals surface area contributed by atoms with E-state index in [9.17, 15) is 4.79 Å². The lowest BCUT2D eigenvalue weighted by Crippen LogP contribution is -2.14. The van der Waals surface area contributed by atoms with Gasteiger partial charge in [0.15, 0.2) is 12.4 Å². The van der Waals surface area contributed by atoms with E-state index < -0.39 is 5.97 Å². The Bertz CT molecular complexity index is 858. The minimum Gasteiger partial charge on any atom is -0.482 e. The fourth-order valence-electron chi connectivity index (χ4n) is 2.17. The average molecular weight is 358 g/mol. The van der Waals surface area contributed by atoms with Crippen molar-refractivity contribution in [2.45, 2.75) is 13.5 Å². The number of ether oxygens (including phenoxy) is 2. The molecule has 1 aromatic heterocycles. The van der Waals surface area contributed by atoms with Gasteiger partial charge in [-0.15, -0.1) is 0 Å². The van der Waals surface area contributed by atoms with Gasteiger partial charge < -0.3 is 14.0 Å². The first-order valence-electron chi connectivity index (χ1n) is 7.67. The Hall–Kier alpha value is -2.79. The first kappa shape index (κ1) is 17.0. The van der Waals surface area contributed by atoms with Gasteiger partial charge in [0.1, 0.15) is 18.1 Å². The second kappa shape index (κ2) is 7.85. The van der Waals surface area contributed by atoms with E-state index in [0.29, 0.717) is 22.2 Å². The summed E-state index contributed by atoms with van der Waals surface area (Å²) in [6, 6.07) is 16.4. The van der Waals surface area contributed by atoms with Crippen LogP contribution >= 0.6 is 11.6 Å². The first-order valence-corrected chi connectivity index (χ1v) is 8.04. The highest BCUT2D eigenvalue weighted by Crippen LogP contribution is 2.22. The van der Waals surface area contributed by atoms with E-state index in [1.807, 2.05) is 37.3 Å². The molecule has 0 unspecified atom stereocenters. The average Bonchev–Trinajstić information content (AvgIpc) is 3.08. The minimum atomic E-state index is -0.474. The van der Waals surface area contributed by atoms with Crippen LogP contribution in [0.4, 0.5) is 0 Å². The van der Waals surface area contributed by atoms with Crippen molar-refractivity contribution in [2.24, 2.45) is 0 Å². The van der Waals surface area contributed by atoms with Gasteiger partial charge >= 0.3 is 5.97 Å². The zero-order valence-electron chi connectivity index (χ0n) is 13.6. The number of rotatable bonds is 6. The molecule has 5 nitrogen and oxygen atoms in total. The molecule has 0 radical (unpaired) electrons. The molecule has 0 spiro atoms. The van der Waals surface area contributed by atoms with Crippen molar-refractivity contribution in [3.05, 3.63) is 70.9 Å². The normalized spacial score (nSPS) is 10.5. The molecule has 0 aliphatic rings.